The van der Waals surface area contributed by atoms with Gasteiger partial charge < -0.3 is 25.2 Å². The highest BCUT2D eigenvalue weighted by atomic mass is 31.2. The van der Waals surface area contributed by atoms with Gasteiger partial charge in [0.05, 0.1) is 0 Å². The van der Waals surface area contributed by atoms with Crippen LogP contribution in [0.2, 0.25) is 0 Å². The van der Waals surface area contributed by atoms with Crippen molar-refractivity contribution in [3.05, 3.63) is 35.9 Å². The topological polar surface area (TPSA) is 125 Å². The zero-order valence-corrected chi connectivity index (χ0v) is 12.2. The highest BCUT2D eigenvalue weighted by Crippen LogP contribution is 2.38. The van der Waals surface area contributed by atoms with E-state index in [1.807, 2.05) is 6.07 Å². The summed E-state index contributed by atoms with van der Waals surface area (Å²) < 4.78 is 15.7. The Hall–Kier alpha value is -1.89. The lowest BCUT2D eigenvalue weighted by atomic mass is 10.2. The van der Waals surface area contributed by atoms with Crippen LogP contribution in [0.15, 0.2) is 30.3 Å². The van der Waals surface area contributed by atoms with Gasteiger partial charge in [0, 0.05) is 0 Å². The van der Waals surface area contributed by atoms with E-state index in [1.165, 1.54) is 6.92 Å². The van der Waals surface area contributed by atoms with E-state index in [-0.39, 0.29) is 6.61 Å². The maximum atomic E-state index is 11.4. The summed E-state index contributed by atoms with van der Waals surface area (Å²) >= 11 is 0. The number of carbonyl (C=O) groups excluding carboxylic acids is 2. The van der Waals surface area contributed by atoms with Gasteiger partial charge in [-0.25, -0.2) is 4.79 Å². The first-order chi connectivity index (χ1) is 9.79. The third-order valence-corrected chi connectivity index (χ3v) is 3.62. The second-order valence-corrected chi connectivity index (χ2v) is 6.20. The summed E-state index contributed by atoms with van der Waals surface area (Å²) in [4.78, 5) is 40.3. The standard InChI is InChI=1S/C12H17N2O6P/c1-9(21(17,18)19)14-11(15)7-13-12(16)20-8-10-5-3-2-4-6-10/h2-6,9H,7-8H2,1H3,(H,13,16)(H,14,15)(H2,17,18,19)/t9-/m1/s1. The molecule has 0 aromatic heterocycles. The number of alkyl carbamates (subject to hydrolysis) is 1. The summed E-state index contributed by atoms with van der Waals surface area (Å²) in [6, 6.07) is 8.99. The van der Waals surface area contributed by atoms with Crippen LogP contribution < -0.4 is 10.6 Å². The molecule has 0 aliphatic rings. The maximum absolute atomic E-state index is 11.4. The van der Waals surface area contributed by atoms with Crippen LogP contribution in [-0.4, -0.2) is 34.1 Å². The van der Waals surface area contributed by atoms with Crippen molar-refractivity contribution in [2.75, 3.05) is 6.54 Å². The van der Waals surface area contributed by atoms with Crippen molar-refractivity contribution in [1.82, 2.24) is 10.6 Å². The van der Waals surface area contributed by atoms with Crippen molar-refractivity contribution in [3.8, 4) is 0 Å². The second-order valence-electron chi connectivity index (χ2n) is 4.25. The van der Waals surface area contributed by atoms with Crippen molar-refractivity contribution >= 4 is 19.6 Å². The molecule has 0 spiro atoms. The largest absolute Gasteiger partial charge is 0.445 e. The minimum Gasteiger partial charge on any atom is -0.445 e. The van der Waals surface area contributed by atoms with E-state index >= 15 is 0 Å². The first kappa shape index (κ1) is 17.2. The predicted octanol–water partition coefficient (Wildman–Crippen LogP) is 0.553. The van der Waals surface area contributed by atoms with Crippen LogP contribution in [-0.2, 0) is 20.7 Å². The number of nitrogens with one attached hydrogen (secondary N) is 2. The Kier molecular flexibility index (Phi) is 6.36. The minimum atomic E-state index is -4.39. The quantitative estimate of drug-likeness (QED) is 0.568. The van der Waals surface area contributed by atoms with E-state index in [2.05, 4.69) is 10.6 Å². The molecule has 4 N–H and O–H groups in total. The number of carbonyl (C=O) groups is 2. The molecule has 1 rings (SSSR count). The third-order valence-electron chi connectivity index (χ3n) is 2.48. The van der Waals surface area contributed by atoms with Gasteiger partial charge in [-0.2, -0.15) is 0 Å². The minimum absolute atomic E-state index is 0.0627. The zero-order chi connectivity index (χ0) is 15.9. The van der Waals surface area contributed by atoms with Gasteiger partial charge in [-0.05, 0) is 12.5 Å². The lowest BCUT2D eigenvalue weighted by Gasteiger charge is -2.15. The first-order valence-electron chi connectivity index (χ1n) is 6.08. The molecule has 0 saturated carbocycles. The van der Waals surface area contributed by atoms with E-state index in [0.717, 1.165) is 5.56 Å². The molecule has 0 aliphatic heterocycles. The second kappa shape index (κ2) is 7.78. The number of ether oxygens (including phenoxy) is 1. The highest BCUT2D eigenvalue weighted by molar-refractivity contribution is 7.52. The molecular weight excluding hydrogens is 299 g/mol. The molecule has 0 unspecified atom stereocenters. The van der Waals surface area contributed by atoms with Crippen molar-refractivity contribution in [2.24, 2.45) is 0 Å². The van der Waals surface area contributed by atoms with Crippen LogP contribution >= 0.6 is 7.60 Å². The van der Waals surface area contributed by atoms with Gasteiger partial charge in [0.2, 0.25) is 5.91 Å². The third kappa shape index (κ3) is 6.89. The Labute approximate surface area is 121 Å². The summed E-state index contributed by atoms with van der Waals surface area (Å²) in [5, 5.41) is 4.26. The van der Waals surface area contributed by atoms with Crippen molar-refractivity contribution < 1.29 is 28.7 Å². The first-order valence-corrected chi connectivity index (χ1v) is 7.76. The highest BCUT2D eigenvalue weighted by Gasteiger charge is 2.25. The van der Waals surface area contributed by atoms with Gasteiger partial charge in [0.15, 0.2) is 0 Å². The molecule has 0 saturated heterocycles. The Morgan fingerprint density at radius 1 is 1.29 bits per heavy atom. The lowest BCUT2D eigenvalue weighted by molar-refractivity contribution is -0.120. The number of benzene rings is 1. The van der Waals surface area contributed by atoms with Crippen LogP contribution in [0.4, 0.5) is 4.79 Å². The van der Waals surface area contributed by atoms with E-state index in [0.29, 0.717) is 0 Å². The van der Waals surface area contributed by atoms with E-state index < -0.39 is 31.9 Å². The molecule has 2 amide bonds. The van der Waals surface area contributed by atoms with Crippen LogP contribution in [0.5, 0.6) is 0 Å². The molecule has 8 nitrogen and oxygen atoms in total. The molecule has 0 radical (unpaired) electrons. The molecule has 1 aromatic rings. The van der Waals surface area contributed by atoms with E-state index in [1.54, 1.807) is 24.3 Å². The molecule has 116 valence electrons. The average molecular weight is 316 g/mol. The summed E-state index contributed by atoms with van der Waals surface area (Å²) in [5.74, 6) is -2.03. The molecule has 21 heavy (non-hydrogen) atoms. The van der Waals surface area contributed by atoms with Crippen LogP contribution in [0.25, 0.3) is 0 Å². The van der Waals surface area contributed by atoms with Gasteiger partial charge in [0.1, 0.15) is 18.9 Å². The Morgan fingerprint density at radius 3 is 2.48 bits per heavy atom. The number of hydrogen-bond acceptors (Lipinski definition) is 4. The summed E-state index contributed by atoms with van der Waals surface area (Å²) in [6.45, 7) is 0.803. The fourth-order valence-electron chi connectivity index (χ4n) is 1.29. The van der Waals surface area contributed by atoms with Gasteiger partial charge in [-0.15, -0.1) is 0 Å². The normalized spacial score (nSPS) is 12.3. The lowest BCUT2D eigenvalue weighted by Crippen LogP contribution is -2.40. The molecule has 0 heterocycles. The zero-order valence-electron chi connectivity index (χ0n) is 11.4. The Bertz CT molecular complexity index is 530. The Balaban J connectivity index is 2.27. The summed E-state index contributed by atoms with van der Waals surface area (Å²) in [5.41, 5.74) is 0.798. The van der Waals surface area contributed by atoms with Gasteiger partial charge >= 0.3 is 13.7 Å². The van der Waals surface area contributed by atoms with Crippen LogP contribution in [0.3, 0.4) is 0 Å². The smallest absolute Gasteiger partial charge is 0.407 e. The van der Waals surface area contributed by atoms with Gasteiger partial charge in [-0.3, -0.25) is 9.36 Å². The molecule has 0 aliphatic carbocycles. The average Bonchev–Trinajstić information content (AvgIpc) is 2.43. The van der Waals surface area contributed by atoms with Gasteiger partial charge in [0.25, 0.3) is 0 Å². The van der Waals surface area contributed by atoms with Crippen LogP contribution in [0.1, 0.15) is 12.5 Å². The Morgan fingerprint density at radius 2 is 1.90 bits per heavy atom. The molecule has 1 atom stereocenters. The van der Waals surface area contributed by atoms with Crippen molar-refractivity contribution in [3.63, 3.8) is 0 Å². The number of amides is 2. The molecule has 9 heteroatoms. The monoisotopic (exact) mass is 316 g/mol. The van der Waals surface area contributed by atoms with Gasteiger partial charge in [-0.1, -0.05) is 30.3 Å². The number of rotatable bonds is 6. The van der Waals surface area contributed by atoms with E-state index in [4.69, 9.17) is 14.5 Å². The summed E-state index contributed by atoms with van der Waals surface area (Å²) in [6.07, 6.45) is -0.794. The summed E-state index contributed by atoms with van der Waals surface area (Å²) in [7, 11) is -4.39. The molecule has 1 aromatic carbocycles. The fourth-order valence-corrected chi connectivity index (χ4v) is 1.61. The maximum Gasteiger partial charge on any atom is 0.407 e. The fraction of sp³-hybridized carbons (Fsp3) is 0.333. The molecular formula is C12H17N2O6P. The van der Waals surface area contributed by atoms with Crippen molar-refractivity contribution in [1.29, 1.82) is 0 Å². The molecule has 0 bridgehead atoms. The SMILES string of the molecule is C[C@H](NC(=O)CNC(=O)OCc1ccccc1)P(=O)(O)O. The van der Waals surface area contributed by atoms with Crippen molar-refractivity contribution in [2.45, 2.75) is 19.3 Å². The van der Waals surface area contributed by atoms with Crippen LogP contribution in [0, 0.1) is 0 Å². The predicted molar refractivity (Wildman–Crippen MR) is 74.3 cm³/mol. The number of hydrogen-bond donors (Lipinski definition) is 4. The molecule has 0 fully saturated rings. The van der Waals surface area contributed by atoms with E-state index in [9.17, 15) is 14.2 Å².